The van der Waals surface area contributed by atoms with Crippen LogP contribution in [0.5, 0.6) is 0 Å². The first kappa shape index (κ1) is 19.8. The molecule has 3 rings (SSSR count). The topological polar surface area (TPSA) is 26.3 Å². The summed E-state index contributed by atoms with van der Waals surface area (Å²) < 4.78 is 6.05. The van der Waals surface area contributed by atoms with E-state index in [1.807, 2.05) is 49.4 Å². The molecular formula is C25H25O2Si. The van der Waals surface area contributed by atoms with Gasteiger partial charge in [0.1, 0.15) is 0 Å². The molecule has 141 valence electrons. The number of carbonyl (C=O) groups excluding carboxylic acids is 1. The van der Waals surface area contributed by atoms with E-state index in [1.165, 1.54) is 11.1 Å². The standard InChI is InChI=1S/C25H25O2Si/c1-18-11-14-24(15-12-18)28(23-8-6-5-7-9-23)27-25(26)21(4)17-22-13-10-19(2)16-20(22)3/h5-17H,1-4H3/b21-17+. The molecule has 0 N–H and O–H groups in total. The van der Waals surface area contributed by atoms with Crippen LogP contribution in [0.4, 0.5) is 0 Å². The molecule has 0 unspecified atom stereocenters. The largest absolute Gasteiger partial charge is 0.505 e. The maximum Gasteiger partial charge on any atom is 0.356 e. The Morgan fingerprint density at radius 3 is 2.07 bits per heavy atom. The summed E-state index contributed by atoms with van der Waals surface area (Å²) in [5.74, 6) is -0.265. The Kier molecular flexibility index (Phi) is 6.27. The highest BCUT2D eigenvalue weighted by atomic mass is 28.3. The van der Waals surface area contributed by atoms with E-state index in [0.717, 1.165) is 21.5 Å². The summed E-state index contributed by atoms with van der Waals surface area (Å²) in [6.07, 6.45) is 1.91. The number of hydrogen-bond acceptors (Lipinski definition) is 2. The summed E-state index contributed by atoms with van der Waals surface area (Å²) >= 11 is 0. The van der Waals surface area contributed by atoms with E-state index in [9.17, 15) is 4.79 Å². The van der Waals surface area contributed by atoms with Crippen LogP contribution in [0.1, 0.15) is 29.2 Å². The summed E-state index contributed by atoms with van der Waals surface area (Å²) in [5.41, 5.74) is 5.21. The maximum atomic E-state index is 12.9. The van der Waals surface area contributed by atoms with Crippen LogP contribution in [0.2, 0.25) is 0 Å². The number of carbonyl (C=O) groups is 1. The van der Waals surface area contributed by atoms with Crippen molar-refractivity contribution < 1.29 is 9.22 Å². The Morgan fingerprint density at radius 1 is 0.821 bits per heavy atom. The van der Waals surface area contributed by atoms with Gasteiger partial charge < -0.3 is 4.43 Å². The van der Waals surface area contributed by atoms with E-state index in [0.29, 0.717) is 5.57 Å². The molecule has 3 aromatic rings. The van der Waals surface area contributed by atoms with Crippen molar-refractivity contribution in [1.82, 2.24) is 0 Å². The molecule has 2 nitrogen and oxygen atoms in total. The fourth-order valence-corrected chi connectivity index (χ4v) is 4.91. The Balaban J connectivity index is 1.88. The van der Waals surface area contributed by atoms with Crippen molar-refractivity contribution in [2.24, 2.45) is 0 Å². The minimum atomic E-state index is -1.66. The van der Waals surface area contributed by atoms with Gasteiger partial charge in [-0.1, -0.05) is 83.9 Å². The third kappa shape index (κ3) is 4.87. The molecule has 0 fully saturated rings. The number of benzene rings is 3. The van der Waals surface area contributed by atoms with Gasteiger partial charge in [0.05, 0.1) is 0 Å². The molecule has 0 spiro atoms. The van der Waals surface area contributed by atoms with Gasteiger partial charge in [-0.3, -0.25) is 0 Å². The smallest absolute Gasteiger partial charge is 0.356 e. The number of rotatable bonds is 5. The van der Waals surface area contributed by atoms with Gasteiger partial charge in [0, 0.05) is 5.57 Å². The second-order valence-corrected chi connectivity index (χ2v) is 9.16. The highest BCUT2D eigenvalue weighted by molar-refractivity contribution is 6.81. The van der Waals surface area contributed by atoms with E-state index < -0.39 is 9.04 Å². The molecular weight excluding hydrogens is 360 g/mol. The van der Waals surface area contributed by atoms with Gasteiger partial charge in [0.15, 0.2) is 0 Å². The normalized spacial score (nSPS) is 11.5. The molecule has 0 aliphatic rings. The van der Waals surface area contributed by atoms with E-state index in [4.69, 9.17) is 4.43 Å². The highest BCUT2D eigenvalue weighted by Gasteiger charge is 2.24. The third-order valence-electron chi connectivity index (χ3n) is 4.66. The minimum absolute atomic E-state index is 0.265. The molecule has 0 amide bonds. The Hall–Kier alpha value is -2.91. The molecule has 1 radical (unpaired) electrons. The first-order valence-electron chi connectivity index (χ1n) is 9.41. The quantitative estimate of drug-likeness (QED) is 0.482. The SMILES string of the molecule is C/C(=C\c1ccc(C)cc1C)C(=O)O[Si](c1ccccc1)c1ccc(C)cc1. The van der Waals surface area contributed by atoms with Crippen LogP contribution in [0.25, 0.3) is 6.08 Å². The van der Waals surface area contributed by atoms with Crippen LogP contribution in [0.3, 0.4) is 0 Å². The summed E-state index contributed by atoms with van der Waals surface area (Å²) in [4.78, 5) is 12.9. The Morgan fingerprint density at radius 2 is 1.43 bits per heavy atom. The van der Waals surface area contributed by atoms with Crippen molar-refractivity contribution in [3.05, 3.63) is 101 Å². The molecule has 3 heteroatoms. The second kappa shape index (κ2) is 8.85. The third-order valence-corrected chi connectivity index (χ3v) is 6.77. The van der Waals surface area contributed by atoms with Crippen molar-refractivity contribution >= 4 is 31.5 Å². The second-order valence-electron chi connectivity index (χ2n) is 7.14. The van der Waals surface area contributed by atoms with E-state index in [-0.39, 0.29) is 5.97 Å². The van der Waals surface area contributed by atoms with Gasteiger partial charge in [-0.15, -0.1) is 0 Å². The lowest BCUT2D eigenvalue weighted by molar-refractivity contribution is -0.130. The van der Waals surface area contributed by atoms with E-state index >= 15 is 0 Å². The van der Waals surface area contributed by atoms with Crippen LogP contribution >= 0.6 is 0 Å². The predicted molar refractivity (Wildman–Crippen MR) is 118 cm³/mol. The number of aryl methyl sites for hydroxylation is 3. The van der Waals surface area contributed by atoms with E-state index in [1.54, 1.807) is 0 Å². The van der Waals surface area contributed by atoms with E-state index in [2.05, 4.69) is 57.2 Å². The fourth-order valence-electron chi connectivity index (χ4n) is 3.03. The lowest BCUT2D eigenvalue weighted by atomic mass is 10.0. The number of hydrogen-bond donors (Lipinski definition) is 0. The lowest BCUT2D eigenvalue weighted by Gasteiger charge is -2.16. The zero-order chi connectivity index (χ0) is 20.1. The van der Waals surface area contributed by atoms with Crippen molar-refractivity contribution in [3.63, 3.8) is 0 Å². The summed E-state index contributed by atoms with van der Waals surface area (Å²) in [7, 11) is -1.66. The van der Waals surface area contributed by atoms with Crippen molar-refractivity contribution in [3.8, 4) is 0 Å². The van der Waals surface area contributed by atoms with Crippen LogP contribution < -0.4 is 10.4 Å². The van der Waals surface area contributed by atoms with Crippen molar-refractivity contribution in [2.45, 2.75) is 27.7 Å². The highest BCUT2D eigenvalue weighted by Crippen LogP contribution is 2.15. The fraction of sp³-hybridized carbons (Fsp3) is 0.160. The van der Waals surface area contributed by atoms with Crippen molar-refractivity contribution in [1.29, 1.82) is 0 Å². The predicted octanol–water partition coefficient (Wildman–Crippen LogP) is 4.36. The van der Waals surface area contributed by atoms with Gasteiger partial charge in [-0.25, -0.2) is 4.79 Å². The van der Waals surface area contributed by atoms with Gasteiger partial charge >= 0.3 is 15.0 Å². The zero-order valence-corrected chi connectivity index (χ0v) is 17.8. The zero-order valence-electron chi connectivity index (χ0n) is 16.8. The van der Waals surface area contributed by atoms with Gasteiger partial charge in [-0.05, 0) is 55.3 Å². The first-order valence-corrected chi connectivity index (χ1v) is 10.8. The molecule has 0 aliphatic heterocycles. The summed E-state index contributed by atoms with van der Waals surface area (Å²) in [5, 5.41) is 2.12. The maximum absolute atomic E-state index is 12.9. The summed E-state index contributed by atoms with van der Waals surface area (Å²) in [6, 6.07) is 24.5. The average Bonchev–Trinajstić information content (AvgIpc) is 2.69. The molecule has 0 saturated heterocycles. The van der Waals surface area contributed by atoms with Crippen LogP contribution in [-0.2, 0) is 9.22 Å². The van der Waals surface area contributed by atoms with Gasteiger partial charge in [-0.2, -0.15) is 0 Å². The van der Waals surface area contributed by atoms with Crippen LogP contribution in [-0.4, -0.2) is 15.0 Å². The van der Waals surface area contributed by atoms with Gasteiger partial charge in [0.25, 0.3) is 0 Å². The molecule has 0 aromatic heterocycles. The summed E-state index contributed by atoms with van der Waals surface area (Å²) in [6.45, 7) is 8.00. The molecule has 0 saturated carbocycles. The lowest BCUT2D eigenvalue weighted by Crippen LogP contribution is -2.46. The van der Waals surface area contributed by atoms with Crippen LogP contribution in [0.15, 0.2) is 78.4 Å². The molecule has 28 heavy (non-hydrogen) atoms. The molecule has 0 atom stereocenters. The molecule has 0 aliphatic carbocycles. The molecule has 0 heterocycles. The van der Waals surface area contributed by atoms with Crippen LogP contribution in [0, 0.1) is 20.8 Å². The molecule has 3 aromatic carbocycles. The minimum Gasteiger partial charge on any atom is -0.505 e. The Bertz CT molecular complexity index is 989. The van der Waals surface area contributed by atoms with Gasteiger partial charge in [0.2, 0.25) is 0 Å². The monoisotopic (exact) mass is 385 g/mol. The average molecular weight is 386 g/mol. The Labute approximate surface area is 169 Å². The van der Waals surface area contributed by atoms with Crippen molar-refractivity contribution in [2.75, 3.05) is 0 Å². The first-order chi connectivity index (χ1) is 13.4. The molecule has 0 bridgehead atoms.